The first-order valence-electron chi connectivity index (χ1n) is 5.27. The molecule has 0 radical (unpaired) electrons. The molecule has 98 valence electrons. The maximum absolute atomic E-state index is 13.2. The molecule has 18 heavy (non-hydrogen) atoms. The van der Waals surface area contributed by atoms with Gasteiger partial charge in [0, 0.05) is 12.1 Å². The number of benzene rings is 1. The van der Waals surface area contributed by atoms with Crippen LogP contribution in [0.3, 0.4) is 0 Å². The van der Waals surface area contributed by atoms with Gasteiger partial charge in [-0.15, -0.1) is 0 Å². The summed E-state index contributed by atoms with van der Waals surface area (Å²) < 4.78 is 38.7. The molecule has 0 spiro atoms. The molecule has 0 atom stereocenters. The lowest BCUT2D eigenvalue weighted by molar-refractivity contribution is -0.132. The summed E-state index contributed by atoms with van der Waals surface area (Å²) in [5.74, 6) is -5.21. The Labute approximate surface area is 102 Å². The van der Waals surface area contributed by atoms with E-state index in [0.29, 0.717) is 6.42 Å². The van der Waals surface area contributed by atoms with Crippen molar-refractivity contribution < 1.29 is 23.1 Å². The normalized spacial score (nSPS) is 11.4. The van der Waals surface area contributed by atoms with Gasteiger partial charge in [0.1, 0.15) is 0 Å². The average Bonchev–Trinajstić information content (AvgIpc) is 2.33. The van der Waals surface area contributed by atoms with E-state index in [-0.39, 0.29) is 17.8 Å². The highest BCUT2D eigenvalue weighted by Crippen LogP contribution is 2.19. The minimum Gasteiger partial charge on any atom is -0.478 e. The summed E-state index contributed by atoms with van der Waals surface area (Å²) in [6.45, 7) is 1.68. The van der Waals surface area contributed by atoms with Crippen molar-refractivity contribution in [2.75, 3.05) is 11.9 Å². The zero-order chi connectivity index (χ0) is 13.7. The van der Waals surface area contributed by atoms with Gasteiger partial charge in [-0.3, -0.25) is 0 Å². The number of nitrogens with one attached hydrogen (secondary N) is 1. The van der Waals surface area contributed by atoms with Crippen LogP contribution >= 0.6 is 0 Å². The van der Waals surface area contributed by atoms with Crippen LogP contribution < -0.4 is 5.32 Å². The summed E-state index contributed by atoms with van der Waals surface area (Å²) >= 11 is 0. The van der Waals surface area contributed by atoms with Gasteiger partial charge in [-0.25, -0.2) is 18.0 Å². The molecule has 0 unspecified atom stereocenters. The van der Waals surface area contributed by atoms with Gasteiger partial charge < -0.3 is 10.4 Å². The quantitative estimate of drug-likeness (QED) is 0.631. The predicted octanol–water partition coefficient (Wildman–Crippen LogP) is 2.94. The zero-order valence-corrected chi connectivity index (χ0v) is 9.64. The Bertz CT molecular complexity index is 486. The van der Waals surface area contributed by atoms with Crippen LogP contribution in [0.1, 0.15) is 13.3 Å². The fourth-order valence-corrected chi connectivity index (χ4v) is 1.33. The van der Waals surface area contributed by atoms with Crippen molar-refractivity contribution in [1.82, 2.24) is 0 Å². The van der Waals surface area contributed by atoms with Gasteiger partial charge in [0.25, 0.3) is 0 Å². The Morgan fingerprint density at radius 3 is 2.56 bits per heavy atom. The number of carboxylic acid groups (broad SMARTS) is 1. The summed E-state index contributed by atoms with van der Waals surface area (Å²) in [7, 11) is 0. The van der Waals surface area contributed by atoms with Gasteiger partial charge in [-0.1, -0.05) is 13.0 Å². The standard InChI is InChI=1S/C12H12F3NO2/c1-2-7(12(17)18)5-6-16-9-4-3-8(13)10(14)11(9)15/h3-5,16H,2,6H2,1H3,(H,17,18)/b7-5-. The first-order chi connectivity index (χ1) is 8.47. The second-order valence-electron chi connectivity index (χ2n) is 3.49. The molecule has 0 aliphatic rings. The molecule has 2 N–H and O–H groups in total. The number of halogens is 3. The summed E-state index contributed by atoms with van der Waals surface area (Å²) in [6.07, 6.45) is 1.67. The summed E-state index contributed by atoms with van der Waals surface area (Å²) in [5, 5.41) is 11.2. The van der Waals surface area contributed by atoms with E-state index >= 15 is 0 Å². The van der Waals surface area contributed by atoms with E-state index in [4.69, 9.17) is 5.11 Å². The van der Waals surface area contributed by atoms with E-state index in [1.807, 2.05) is 0 Å². The topological polar surface area (TPSA) is 49.3 Å². The van der Waals surface area contributed by atoms with Crippen molar-refractivity contribution in [3.63, 3.8) is 0 Å². The molecule has 1 aromatic rings. The van der Waals surface area contributed by atoms with E-state index in [1.165, 1.54) is 6.08 Å². The third kappa shape index (κ3) is 3.26. The lowest BCUT2D eigenvalue weighted by atomic mass is 10.2. The Morgan fingerprint density at radius 1 is 1.33 bits per heavy atom. The number of rotatable bonds is 5. The largest absolute Gasteiger partial charge is 0.478 e. The second kappa shape index (κ2) is 6.09. The van der Waals surface area contributed by atoms with E-state index in [1.54, 1.807) is 6.92 Å². The highest BCUT2D eigenvalue weighted by molar-refractivity contribution is 5.86. The number of aliphatic carboxylic acids is 1. The third-order valence-electron chi connectivity index (χ3n) is 2.33. The molecule has 0 amide bonds. The fourth-order valence-electron chi connectivity index (χ4n) is 1.33. The van der Waals surface area contributed by atoms with E-state index in [0.717, 1.165) is 12.1 Å². The molecular formula is C12H12F3NO2. The Morgan fingerprint density at radius 2 is 2.00 bits per heavy atom. The fraction of sp³-hybridized carbons (Fsp3) is 0.250. The first-order valence-corrected chi connectivity index (χ1v) is 5.27. The molecule has 0 heterocycles. The second-order valence-corrected chi connectivity index (χ2v) is 3.49. The lowest BCUT2D eigenvalue weighted by Gasteiger charge is -2.06. The van der Waals surface area contributed by atoms with E-state index in [2.05, 4.69) is 5.32 Å². The van der Waals surface area contributed by atoms with E-state index in [9.17, 15) is 18.0 Å². The molecule has 1 rings (SSSR count). The summed E-state index contributed by atoms with van der Waals surface area (Å²) in [4.78, 5) is 10.7. The minimum absolute atomic E-state index is 0.0114. The van der Waals surface area contributed by atoms with Crippen molar-refractivity contribution in [3.05, 3.63) is 41.2 Å². The number of carbonyl (C=O) groups is 1. The van der Waals surface area contributed by atoms with Gasteiger partial charge in [0.05, 0.1) is 5.69 Å². The molecule has 3 nitrogen and oxygen atoms in total. The molecular weight excluding hydrogens is 247 g/mol. The van der Waals surface area contributed by atoms with Crippen LogP contribution in [0.25, 0.3) is 0 Å². The van der Waals surface area contributed by atoms with Gasteiger partial charge in [-0.2, -0.15) is 0 Å². The van der Waals surface area contributed by atoms with Gasteiger partial charge in [0.15, 0.2) is 17.5 Å². The SMILES string of the molecule is CC/C(=C/CNc1ccc(F)c(F)c1F)C(=O)O. The van der Waals surface area contributed by atoms with Crippen molar-refractivity contribution in [2.24, 2.45) is 0 Å². The lowest BCUT2D eigenvalue weighted by Crippen LogP contribution is -2.07. The molecule has 0 fully saturated rings. The van der Waals surface area contributed by atoms with Crippen LogP contribution in [0.2, 0.25) is 0 Å². The van der Waals surface area contributed by atoms with E-state index < -0.39 is 23.4 Å². The third-order valence-corrected chi connectivity index (χ3v) is 2.33. The molecule has 1 aromatic carbocycles. The monoisotopic (exact) mass is 259 g/mol. The summed E-state index contributed by atoms with van der Waals surface area (Å²) in [6, 6.07) is 1.84. The number of anilines is 1. The van der Waals surface area contributed by atoms with Crippen LogP contribution in [0.15, 0.2) is 23.8 Å². The Kier molecular flexibility index (Phi) is 4.76. The van der Waals surface area contributed by atoms with Crippen molar-refractivity contribution >= 4 is 11.7 Å². The van der Waals surface area contributed by atoms with Crippen molar-refractivity contribution in [3.8, 4) is 0 Å². The van der Waals surface area contributed by atoms with Crippen LogP contribution in [0.5, 0.6) is 0 Å². The summed E-state index contributed by atoms with van der Waals surface area (Å²) in [5.41, 5.74) is -0.0588. The molecule has 0 aliphatic carbocycles. The molecule has 6 heteroatoms. The van der Waals surface area contributed by atoms with Crippen LogP contribution in [0, 0.1) is 17.5 Å². The Hall–Kier alpha value is -1.98. The van der Waals surface area contributed by atoms with Crippen LogP contribution in [-0.2, 0) is 4.79 Å². The predicted molar refractivity (Wildman–Crippen MR) is 60.8 cm³/mol. The molecule has 0 saturated heterocycles. The smallest absolute Gasteiger partial charge is 0.331 e. The maximum atomic E-state index is 13.2. The van der Waals surface area contributed by atoms with Gasteiger partial charge in [0.2, 0.25) is 0 Å². The number of carboxylic acids is 1. The molecule has 0 bridgehead atoms. The van der Waals surface area contributed by atoms with Crippen molar-refractivity contribution in [2.45, 2.75) is 13.3 Å². The van der Waals surface area contributed by atoms with Gasteiger partial charge in [-0.05, 0) is 18.6 Å². The van der Waals surface area contributed by atoms with Gasteiger partial charge >= 0.3 is 5.97 Å². The maximum Gasteiger partial charge on any atom is 0.331 e. The highest BCUT2D eigenvalue weighted by atomic mass is 19.2. The average molecular weight is 259 g/mol. The first kappa shape index (κ1) is 14.1. The zero-order valence-electron chi connectivity index (χ0n) is 9.64. The Balaban J connectivity index is 2.76. The number of hydrogen-bond acceptors (Lipinski definition) is 2. The molecule has 0 aromatic heterocycles. The minimum atomic E-state index is -1.56. The molecule has 0 aliphatic heterocycles. The van der Waals surface area contributed by atoms with Crippen LogP contribution in [-0.4, -0.2) is 17.6 Å². The van der Waals surface area contributed by atoms with Crippen LogP contribution in [0.4, 0.5) is 18.9 Å². The van der Waals surface area contributed by atoms with Crippen molar-refractivity contribution in [1.29, 1.82) is 0 Å². The number of hydrogen-bond donors (Lipinski definition) is 2. The molecule has 0 saturated carbocycles. The highest BCUT2D eigenvalue weighted by Gasteiger charge is 2.12.